The zero-order valence-corrected chi connectivity index (χ0v) is 10.9. The number of sulfonamides is 1. The van der Waals surface area contributed by atoms with E-state index in [1.54, 1.807) is 18.7 Å². The number of rotatable bonds is 5. The van der Waals surface area contributed by atoms with Gasteiger partial charge in [-0.15, -0.1) is 0 Å². The molecule has 8 heteroatoms. The number of thiazole rings is 1. The fourth-order valence-electron chi connectivity index (χ4n) is 0.996. The Kier molecular flexibility index (Phi) is 4.38. The highest BCUT2D eigenvalue weighted by Crippen LogP contribution is 2.24. The molecule has 1 heterocycles. The van der Waals surface area contributed by atoms with Crippen LogP contribution in [0.1, 0.15) is 5.69 Å². The van der Waals surface area contributed by atoms with Gasteiger partial charge >= 0.3 is 0 Å². The number of nitrogens with zero attached hydrogens (tertiary/aromatic N) is 1. The van der Waals surface area contributed by atoms with Gasteiger partial charge < -0.3 is 5.73 Å². The molecule has 0 atom stereocenters. The number of hydrogen-bond acceptors (Lipinski definition) is 6. The van der Waals surface area contributed by atoms with Gasteiger partial charge in [0, 0.05) is 12.3 Å². The zero-order chi connectivity index (χ0) is 11.5. The number of anilines is 1. The molecule has 0 saturated carbocycles. The summed E-state index contributed by atoms with van der Waals surface area (Å²) in [7, 11) is -3.43. The van der Waals surface area contributed by atoms with Crippen molar-refractivity contribution in [2.24, 2.45) is 0 Å². The molecular weight excluding hydrogens is 254 g/mol. The summed E-state index contributed by atoms with van der Waals surface area (Å²) in [6.07, 6.45) is 1.92. The highest BCUT2D eigenvalue weighted by Gasteiger charge is 2.20. The molecule has 0 saturated heterocycles. The van der Waals surface area contributed by atoms with Gasteiger partial charge in [0.05, 0.1) is 5.69 Å². The molecular formula is C7H13N3O2S3. The maximum atomic E-state index is 11.7. The van der Waals surface area contributed by atoms with Crippen molar-refractivity contribution in [2.45, 2.75) is 11.1 Å². The average Bonchev–Trinajstić information content (AvgIpc) is 2.46. The third-order valence-corrected chi connectivity index (χ3v) is 5.28. The highest BCUT2D eigenvalue weighted by molar-refractivity contribution is 7.98. The van der Waals surface area contributed by atoms with Crippen LogP contribution in [0.4, 0.5) is 5.13 Å². The zero-order valence-electron chi connectivity index (χ0n) is 8.48. The number of aromatic nitrogens is 1. The monoisotopic (exact) mass is 267 g/mol. The first-order chi connectivity index (χ1) is 6.97. The lowest BCUT2D eigenvalue weighted by molar-refractivity contribution is 0.585. The summed E-state index contributed by atoms with van der Waals surface area (Å²) >= 11 is 2.57. The Morgan fingerprint density at radius 1 is 1.60 bits per heavy atom. The maximum absolute atomic E-state index is 11.7. The van der Waals surface area contributed by atoms with Crippen LogP contribution in [-0.2, 0) is 10.0 Å². The third kappa shape index (κ3) is 3.33. The normalized spacial score (nSPS) is 11.9. The lowest BCUT2D eigenvalue weighted by Crippen LogP contribution is -2.25. The molecule has 0 fully saturated rings. The Hall–Kier alpha value is -0.310. The lowest BCUT2D eigenvalue weighted by Gasteiger charge is -2.03. The van der Waals surface area contributed by atoms with E-state index in [0.717, 1.165) is 17.1 Å². The Morgan fingerprint density at radius 3 is 2.73 bits per heavy atom. The largest absolute Gasteiger partial charge is 0.375 e. The Morgan fingerprint density at radius 2 is 2.27 bits per heavy atom. The van der Waals surface area contributed by atoms with Crippen LogP contribution in [0.2, 0.25) is 0 Å². The highest BCUT2D eigenvalue weighted by atomic mass is 32.2. The SMILES string of the molecule is CSCCNS(=O)(=O)c1sc(N)nc1C. The number of nitrogens with two attached hydrogens (primary N) is 1. The van der Waals surface area contributed by atoms with Crippen molar-refractivity contribution in [3.05, 3.63) is 5.69 Å². The summed E-state index contributed by atoms with van der Waals surface area (Å²) in [6.45, 7) is 2.05. The van der Waals surface area contributed by atoms with E-state index in [1.807, 2.05) is 6.26 Å². The lowest BCUT2D eigenvalue weighted by atomic mass is 10.6. The van der Waals surface area contributed by atoms with E-state index in [4.69, 9.17) is 5.73 Å². The van der Waals surface area contributed by atoms with Crippen LogP contribution in [0.25, 0.3) is 0 Å². The van der Waals surface area contributed by atoms with E-state index < -0.39 is 10.0 Å². The van der Waals surface area contributed by atoms with Crippen molar-refractivity contribution < 1.29 is 8.42 Å². The molecule has 0 aliphatic heterocycles. The van der Waals surface area contributed by atoms with E-state index in [2.05, 4.69) is 9.71 Å². The standard InChI is InChI=1S/C7H13N3O2S3/c1-5-6(14-7(8)10-5)15(11,12)9-3-4-13-2/h9H,3-4H2,1-2H3,(H2,8,10). The Balaban J connectivity index is 2.82. The minimum atomic E-state index is -3.43. The molecule has 1 rings (SSSR count). The van der Waals surface area contributed by atoms with Gasteiger partial charge in [0.25, 0.3) is 10.0 Å². The molecule has 0 radical (unpaired) electrons. The van der Waals surface area contributed by atoms with E-state index in [9.17, 15) is 8.42 Å². The molecule has 15 heavy (non-hydrogen) atoms. The first-order valence-corrected chi connectivity index (χ1v) is 7.88. The van der Waals surface area contributed by atoms with Gasteiger partial charge in [-0.1, -0.05) is 11.3 Å². The van der Waals surface area contributed by atoms with Crippen LogP contribution >= 0.6 is 23.1 Å². The molecule has 0 bridgehead atoms. The molecule has 0 amide bonds. The molecule has 1 aromatic heterocycles. The Labute approximate surface area is 97.5 Å². The first-order valence-electron chi connectivity index (χ1n) is 4.19. The first kappa shape index (κ1) is 12.8. The molecule has 5 nitrogen and oxygen atoms in total. The quantitative estimate of drug-likeness (QED) is 0.766. The summed E-state index contributed by atoms with van der Waals surface area (Å²) in [5.41, 5.74) is 5.89. The van der Waals surface area contributed by atoms with Crippen molar-refractivity contribution >= 4 is 38.3 Å². The molecule has 0 unspecified atom stereocenters. The number of nitrogen functional groups attached to an aromatic ring is 1. The van der Waals surface area contributed by atoms with Crippen LogP contribution in [0.15, 0.2) is 4.21 Å². The fourth-order valence-corrected chi connectivity index (χ4v) is 3.80. The van der Waals surface area contributed by atoms with Crippen molar-refractivity contribution in [3.63, 3.8) is 0 Å². The second kappa shape index (κ2) is 5.15. The smallest absolute Gasteiger partial charge is 0.252 e. The van der Waals surface area contributed by atoms with Gasteiger partial charge in [-0.25, -0.2) is 18.1 Å². The van der Waals surface area contributed by atoms with Crippen LogP contribution in [-0.4, -0.2) is 32.0 Å². The molecule has 1 aromatic rings. The average molecular weight is 267 g/mol. The van der Waals surface area contributed by atoms with Crippen LogP contribution in [0, 0.1) is 6.92 Å². The predicted octanol–water partition coefficient (Wildman–Crippen LogP) is 0.675. The maximum Gasteiger partial charge on any atom is 0.252 e. The minimum absolute atomic E-state index is 0.209. The summed E-state index contributed by atoms with van der Waals surface area (Å²) in [4.78, 5) is 3.88. The van der Waals surface area contributed by atoms with E-state index in [0.29, 0.717) is 12.2 Å². The van der Waals surface area contributed by atoms with Gasteiger partial charge in [-0.2, -0.15) is 11.8 Å². The number of hydrogen-bond donors (Lipinski definition) is 2. The van der Waals surface area contributed by atoms with Crippen molar-refractivity contribution in [2.75, 3.05) is 24.3 Å². The Bertz CT molecular complexity index is 427. The van der Waals surface area contributed by atoms with Crippen LogP contribution in [0.5, 0.6) is 0 Å². The molecule has 0 aromatic carbocycles. The van der Waals surface area contributed by atoms with Crippen LogP contribution in [0.3, 0.4) is 0 Å². The number of thioether (sulfide) groups is 1. The van der Waals surface area contributed by atoms with E-state index >= 15 is 0 Å². The predicted molar refractivity (Wildman–Crippen MR) is 64.8 cm³/mol. The third-order valence-electron chi connectivity index (χ3n) is 1.61. The fraction of sp³-hybridized carbons (Fsp3) is 0.571. The molecule has 0 aliphatic carbocycles. The van der Waals surface area contributed by atoms with Crippen molar-refractivity contribution in [1.29, 1.82) is 0 Å². The minimum Gasteiger partial charge on any atom is -0.375 e. The molecule has 86 valence electrons. The molecule has 0 aliphatic rings. The van der Waals surface area contributed by atoms with Gasteiger partial charge in [0.2, 0.25) is 0 Å². The van der Waals surface area contributed by atoms with Crippen molar-refractivity contribution in [3.8, 4) is 0 Å². The van der Waals surface area contributed by atoms with Gasteiger partial charge in [0.15, 0.2) is 9.34 Å². The second-order valence-corrected chi connectivity index (χ2v) is 6.79. The molecule has 3 N–H and O–H groups in total. The summed E-state index contributed by atoms with van der Waals surface area (Å²) in [5.74, 6) is 0.743. The topological polar surface area (TPSA) is 85.1 Å². The molecule has 0 spiro atoms. The summed E-state index contributed by atoms with van der Waals surface area (Å²) in [6, 6.07) is 0. The van der Waals surface area contributed by atoms with E-state index in [-0.39, 0.29) is 9.34 Å². The summed E-state index contributed by atoms with van der Waals surface area (Å²) < 4.78 is 26.2. The van der Waals surface area contributed by atoms with Gasteiger partial charge in [-0.05, 0) is 13.2 Å². The van der Waals surface area contributed by atoms with Crippen LogP contribution < -0.4 is 10.5 Å². The number of nitrogens with one attached hydrogen (secondary N) is 1. The van der Waals surface area contributed by atoms with Gasteiger partial charge in [0.1, 0.15) is 0 Å². The second-order valence-electron chi connectivity index (χ2n) is 2.82. The number of aryl methyl sites for hydroxylation is 1. The van der Waals surface area contributed by atoms with E-state index in [1.165, 1.54) is 0 Å². The van der Waals surface area contributed by atoms with Crippen molar-refractivity contribution in [1.82, 2.24) is 9.71 Å². The summed E-state index contributed by atoms with van der Waals surface area (Å²) in [5, 5.41) is 0.276. The van der Waals surface area contributed by atoms with Gasteiger partial charge in [-0.3, -0.25) is 0 Å².